The molecule has 2 N–H and O–H groups in total. The van der Waals surface area contributed by atoms with E-state index in [2.05, 4.69) is 21.7 Å². The van der Waals surface area contributed by atoms with Gasteiger partial charge in [0.1, 0.15) is 5.82 Å². The predicted octanol–water partition coefficient (Wildman–Crippen LogP) is 2.64. The first-order valence-electron chi connectivity index (χ1n) is 7.15. The molecular weight excluding hydrogens is 295 g/mol. The lowest BCUT2D eigenvalue weighted by Gasteiger charge is -2.39. The molecule has 0 amide bonds. The molecule has 2 heterocycles. The zero-order chi connectivity index (χ0) is 14.5. The van der Waals surface area contributed by atoms with E-state index < -0.39 is 0 Å². The van der Waals surface area contributed by atoms with E-state index in [0.29, 0.717) is 16.1 Å². The Bertz CT molecular complexity index is 433. The molecule has 4 nitrogen and oxygen atoms in total. The van der Waals surface area contributed by atoms with E-state index in [-0.39, 0.29) is 0 Å². The van der Waals surface area contributed by atoms with Gasteiger partial charge in [0.15, 0.2) is 0 Å². The van der Waals surface area contributed by atoms with E-state index in [0.717, 1.165) is 45.0 Å². The average Bonchev–Trinajstić information content (AvgIpc) is 2.45. The van der Waals surface area contributed by atoms with Crippen LogP contribution < -0.4 is 10.6 Å². The third kappa shape index (κ3) is 3.76. The SMILES string of the molecule is CCCC(CN)N1CCN(c2ncc(Cl)cc2Cl)CC1. The molecule has 20 heavy (non-hydrogen) atoms. The van der Waals surface area contributed by atoms with Crippen LogP contribution in [0.3, 0.4) is 0 Å². The van der Waals surface area contributed by atoms with Gasteiger partial charge >= 0.3 is 0 Å². The van der Waals surface area contributed by atoms with Crippen molar-refractivity contribution in [1.29, 1.82) is 0 Å². The largest absolute Gasteiger partial charge is 0.353 e. The Labute approximate surface area is 130 Å². The molecule has 1 aliphatic rings. The van der Waals surface area contributed by atoms with Crippen molar-refractivity contribution in [2.45, 2.75) is 25.8 Å². The Hall–Kier alpha value is -0.550. The van der Waals surface area contributed by atoms with Crippen LogP contribution in [0.5, 0.6) is 0 Å². The highest BCUT2D eigenvalue weighted by Gasteiger charge is 2.24. The number of aromatic nitrogens is 1. The van der Waals surface area contributed by atoms with E-state index >= 15 is 0 Å². The molecule has 1 atom stereocenters. The average molecular weight is 317 g/mol. The Balaban J connectivity index is 1.97. The summed E-state index contributed by atoms with van der Waals surface area (Å²) in [7, 11) is 0. The molecule has 6 heteroatoms. The number of rotatable bonds is 5. The summed E-state index contributed by atoms with van der Waals surface area (Å²) in [4.78, 5) is 9.04. The first-order valence-corrected chi connectivity index (χ1v) is 7.91. The van der Waals surface area contributed by atoms with Gasteiger partial charge in [0.25, 0.3) is 0 Å². The van der Waals surface area contributed by atoms with Crippen molar-refractivity contribution in [1.82, 2.24) is 9.88 Å². The quantitative estimate of drug-likeness (QED) is 0.907. The summed E-state index contributed by atoms with van der Waals surface area (Å²) in [6, 6.07) is 2.24. The van der Waals surface area contributed by atoms with Gasteiger partial charge in [-0.2, -0.15) is 0 Å². The minimum absolute atomic E-state index is 0.496. The van der Waals surface area contributed by atoms with Crippen LogP contribution in [-0.4, -0.2) is 48.6 Å². The highest BCUT2D eigenvalue weighted by Crippen LogP contribution is 2.27. The first kappa shape index (κ1) is 15.8. The Morgan fingerprint density at radius 1 is 1.30 bits per heavy atom. The summed E-state index contributed by atoms with van der Waals surface area (Å²) in [5.74, 6) is 0.829. The molecule has 1 aromatic rings. The van der Waals surface area contributed by atoms with Crippen molar-refractivity contribution in [3.63, 3.8) is 0 Å². The Morgan fingerprint density at radius 2 is 2.00 bits per heavy atom. The van der Waals surface area contributed by atoms with Gasteiger partial charge in [0.05, 0.1) is 10.0 Å². The molecule has 1 saturated heterocycles. The van der Waals surface area contributed by atoms with Crippen LogP contribution >= 0.6 is 23.2 Å². The summed E-state index contributed by atoms with van der Waals surface area (Å²) in [5.41, 5.74) is 5.87. The molecule has 0 aromatic carbocycles. The monoisotopic (exact) mass is 316 g/mol. The van der Waals surface area contributed by atoms with Crippen LogP contribution in [0.25, 0.3) is 0 Å². The van der Waals surface area contributed by atoms with Gasteiger partial charge in [-0.1, -0.05) is 36.5 Å². The van der Waals surface area contributed by atoms with Crippen LogP contribution in [0.1, 0.15) is 19.8 Å². The number of nitrogens with zero attached hydrogens (tertiary/aromatic N) is 3. The van der Waals surface area contributed by atoms with E-state index in [1.807, 2.05) is 0 Å². The third-order valence-corrected chi connectivity index (χ3v) is 4.30. The summed E-state index contributed by atoms with van der Waals surface area (Å²) < 4.78 is 0. The van der Waals surface area contributed by atoms with Gasteiger partial charge in [-0.25, -0.2) is 4.98 Å². The van der Waals surface area contributed by atoms with Crippen molar-refractivity contribution < 1.29 is 0 Å². The molecule has 0 spiro atoms. The maximum absolute atomic E-state index is 6.22. The number of halogens is 2. The molecule has 2 rings (SSSR count). The molecule has 1 aliphatic heterocycles. The molecule has 0 bridgehead atoms. The molecule has 0 saturated carbocycles. The molecular formula is C14H22Cl2N4. The second kappa shape index (κ2) is 7.46. The standard InChI is InChI=1S/C14H22Cl2N4/c1-2-3-12(9-17)19-4-6-20(7-5-19)14-13(16)8-11(15)10-18-14/h8,10,12H,2-7,9,17H2,1H3. The molecule has 1 aromatic heterocycles. The predicted molar refractivity (Wildman–Crippen MR) is 85.8 cm³/mol. The van der Waals surface area contributed by atoms with E-state index in [4.69, 9.17) is 28.9 Å². The number of pyridine rings is 1. The lowest BCUT2D eigenvalue weighted by molar-refractivity contribution is 0.179. The van der Waals surface area contributed by atoms with Gasteiger partial charge < -0.3 is 10.6 Å². The third-order valence-electron chi connectivity index (χ3n) is 3.81. The van der Waals surface area contributed by atoms with Crippen molar-refractivity contribution in [2.24, 2.45) is 5.73 Å². The lowest BCUT2D eigenvalue weighted by atomic mass is 10.1. The molecule has 0 radical (unpaired) electrons. The highest BCUT2D eigenvalue weighted by atomic mass is 35.5. The van der Waals surface area contributed by atoms with Crippen molar-refractivity contribution >= 4 is 29.0 Å². The topological polar surface area (TPSA) is 45.4 Å². The second-order valence-electron chi connectivity index (χ2n) is 5.16. The van der Waals surface area contributed by atoms with Crippen LogP contribution in [-0.2, 0) is 0 Å². The van der Waals surface area contributed by atoms with Crippen LogP contribution in [0.4, 0.5) is 5.82 Å². The zero-order valence-corrected chi connectivity index (χ0v) is 13.4. The minimum atomic E-state index is 0.496. The Kier molecular flexibility index (Phi) is 5.90. The number of hydrogen-bond acceptors (Lipinski definition) is 4. The fourth-order valence-electron chi connectivity index (χ4n) is 2.72. The van der Waals surface area contributed by atoms with Crippen molar-refractivity contribution in [3.8, 4) is 0 Å². The summed E-state index contributed by atoms with van der Waals surface area (Å²) in [5, 5.41) is 1.19. The fraction of sp³-hybridized carbons (Fsp3) is 0.643. The van der Waals surface area contributed by atoms with Gasteiger partial charge in [0, 0.05) is 45.0 Å². The first-order chi connectivity index (χ1) is 9.65. The normalized spacial score (nSPS) is 18.3. The fourth-order valence-corrected chi connectivity index (χ4v) is 3.22. The van der Waals surface area contributed by atoms with Crippen LogP contribution in [0, 0.1) is 0 Å². The van der Waals surface area contributed by atoms with E-state index in [1.54, 1.807) is 12.3 Å². The van der Waals surface area contributed by atoms with Gasteiger partial charge in [0.2, 0.25) is 0 Å². The highest BCUT2D eigenvalue weighted by molar-refractivity contribution is 6.36. The summed E-state index contributed by atoms with van der Waals surface area (Å²) in [6.07, 6.45) is 3.98. The lowest BCUT2D eigenvalue weighted by Crippen LogP contribution is -2.52. The second-order valence-corrected chi connectivity index (χ2v) is 6.00. The summed E-state index contributed by atoms with van der Waals surface area (Å²) in [6.45, 7) is 6.79. The van der Waals surface area contributed by atoms with Crippen LogP contribution in [0.15, 0.2) is 12.3 Å². The molecule has 0 aliphatic carbocycles. The van der Waals surface area contributed by atoms with E-state index in [1.165, 1.54) is 6.42 Å². The maximum Gasteiger partial charge on any atom is 0.147 e. The molecule has 1 fully saturated rings. The van der Waals surface area contributed by atoms with E-state index in [9.17, 15) is 0 Å². The maximum atomic E-state index is 6.22. The van der Waals surface area contributed by atoms with Crippen molar-refractivity contribution in [2.75, 3.05) is 37.6 Å². The number of anilines is 1. The van der Waals surface area contributed by atoms with Crippen molar-refractivity contribution in [3.05, 3.63) is 22.3 Å². The smallest absolute Gasteiger partial charge is 0.147 e. The molecule has 1 unspecified atom stereocenters. The van der Waals surface area contributed by atoms with Gasteiger partial charge in [-0.15, -0.1) is 0 Å². The number of piperazine rings is 1. The van der Waals surface area contributed by atoms with Crippen LogP contribution in [0.2, 0.25) is 10.0 Å². The minimum Gasteiger partial charge on any atom is -0.353 e. The number of nitrogens with two attached hydrogens (primary N) is 1. The van der Waals surface area contributed by atoms with Gasteiger partial charge in [-0.05, 0) is 12.5 Å². The Morgan fingerprint density at radius 3 is 2.55 bits per heavy atom. The summed E-state index contributed by atoms with van der Waals surface area (Å²) >= 11 is 12.1. The number of hydrogen-bond donors (Lipinski definition) is 1. The molecule has 112 valence electrons. The van der Waals surface area contributed by atoms with Gasteiger partial charge in [-0.3, -0.25) is 4.90 Å². The zero-order valence-electron chi connectivity index (χ0n) is 11.9.